The Morgan fingerprint density at radius 1 is 1.08 bits per heavy atom. The number of carboxylic acid groups (broad SMARTS) is 1. The molecule has 4 aliphatic carbocycles. The van der Waals surface area contributed by atoms with Gasteiger partial charge in [-0.25, -0.2) is 4.79 Å². The highest BCUT2D eigenvalue weighted by Crippen LogP contribution is 2.56. The van der Waals surface area contributed by atoms with E-state index >= 15 is 0 Å². The fourth-order valence-electron chi connectivity index (χ4n) is 7.85. The van der Waals surface area contributed by atoms with E-state index in [0.29, 0.717) is 24.8 Å². The number of aromatic nitrogens is 1. The maximum atomic E-state index is 14.0. The van der Waals surface area contributed by atoms with Crippen molar-refractivity contribution >= 4 is 34.2 Å². The molecule has 0 saturated heterocycles. The van der Waals surface area contributed by atoms with Crippen LogP contribution in [0.4, 0.5) is 4.79 Å². The monoisotopic (exact) mass is 505 g/mol. The molecule has 0 aliphatic heterocycles. The Bertz CT molecular complexity index is 1220. The van der Waals surface area contributed by atoms with Crippen molar-refractivity contribution in [3.63, 3.8) is 0 Å². The van der Waals surface area contributed by atoms with Crippen molar-refractivity contribution in [3.8, 4) is 0 Å². The second-order valence-electron chi connectivity index (χ2n) is 11.5. The number of aromatic amines is 1. The zero-order chi connectivity index (χ0) is 24.9. The topological polar surface area (TPSA) is 85.4 Å². The maximum Gasteiger partial charge on any atom is 0.408 e. The number of nitrogens with one attached hydrogen (secondary N) is 2. The summed E-state index contributed by atoms with van der Waals surface area (Å²) in [6, 6.07) is 12.0. The maximum absolute atomic E-state index is 14.0. The Labute approximate surface area is 216 Å². The SMILES string of the molecule is CC(Cc1c[nH]c2ccccc12)(C(=O)NCCc1cccs1)N(C(=O)O)C1C2CC3CC(C2)CC1C3. The van der Waals surface area contributed by atoms with Crippen LogP contribution in [0.15, 0.2) is 48.0 Å². The first-order valence-electron chi connectivity index (χ1n) is 13.3. The predicted octanol–water partition coefficient (Wildman–Crippen LogP) is 5.69. The van der Waals surface area contributed by atoms with Crippen LogP contribution >= 0.6 is 11.3 Å². The Morgan fingerprint density at radius 3 is 2.47 bits per heavy atom. The Morgan fingerprint density at radius 2 is 1.81 bits per heavy atom. The lowest BCUT2D eigenvalue weighted by atomic mass is 9.53. The number of fused-ring (bicyclic) bond motifs is 1. The van der Waals surface area contributed by atoms with Crippen molar-refractivity contribution in [1.29, 1.82) is 0 Å². The highest BCUT2D eigenvalue weighted by Gasteiger charge is 2.56. The normalized spacial score (nSPS) is 28.2. The second-order valence-corrected chi connectivity index (χ2v) is 12.5. The molecule has 1 unspecified atom stereocenters. The zero-order valence-corrected chi connectivity index (χ0v) is 21.6. The van der Waals surface area contributed by atoms with Gasteiger partial charge in [0.1, 0.15) is 5.54 Å². The highest BCUT2D eigenvalue weighted by molar-refractivity contribution is 7.09. The molecule has 4 fully saturated rings. The fraction of sp³-hybridized carbons (Fsp3) is 0.517. The molecule has 190 valence electrons. The minimum absolute atomic E-state index is 0.0893. The highest BCUT2D eigenvalue weighted by atomic mass is 32.1. The molecule has 4 saturated carbocycles. The lowest BCUT2D eigenvalue weighted by molar-refractivity contribution is -0.140. The van der Waals surface area contributed by atoms with Crippen LogP contribution in [0, 0.1) is 23.7 Å². The smallest absolute Gasteiger partial charge is 0.408 e. The van der Waals surface area contributed by atoms with Gasteiger partial charge in [-0.05, 0) is 92.2 Å². The third-order valence-electron chi connectivity index (χ3n) is 9.15. The molecular weight excluding hydrogens is 470 g/mol. The van der Waals surface area contributed by atoms with E-state index in [9.17, 15) is 14.7 Å². The van der Waals surface area contributed by atoms with Gasteiger partial charge in [0, 0.05) is 41.0 Å². The number of nitrogens with zero attached hydrogens (tertiary/aromatic N) is 1. The summed E-state index contributed by atoms with van der Waals surface area (Å²) in [4.78, 5) is 33.2. The van der Waals surface area contributed by atoms with Crippen LogP contribution in [0.1, 0.15) is 49.5 Å². The molecule has 1 aromatic carbocycles. The third-order valence-corrected chi connectivity index (χ3v) is 10.1. The van der Waals surface area contributed by atoms with E-state index in [1.807, 2.05) is 48.8 Å². The van der Waals surface area contributed by atoms with Crippen molar-refractivity contribution in [1.82, 2.24) is 15.2 Å². The summed E-state index contributed by atoms with van der Waals surface area (Å²) in [7, 11) is 0. The number of H-pyrrole nitrogens is 1. The van der Waals surface area contributed by atoms with Crippen molar-refractivity contribution in [2.75, 3.05) is 6.54 Å². The van der Waals surface area contributed by atoms with Gasteiger partial charge in [-0.1, -0.05) is 24.3 Å². The number of carbonyl (C=O) groups is 2. The van der Waals surface area contributed by atoms with Crippen molar-refractivity contribution in [2.45, 2.75) is 63.5 Å². The van der Waals surface area contributed by atoms with E-state index in [4.69, 9.17) is 0 Å². The van der Waals surface area contributed by atoms with Gasteiger partial charge in [-0.15, -0.1) is 11.3 Å². The average molecular weight is 506 g/mol. The van der Waals surface area contributed by atoms with E-state index < -0.39 is 11.6 Å². The van der Waals surface area contributed by atoms with Crippen LogP contribution < -0.4 is 5.32 Å². The van der Waals surface area contributed by atoms with Crippen LogP contribution in [0.2, 0.25) is 0 Å². The van der Waals surface area contributed by atoms with Crippen LogP contribution in [-0.4, -0.2) is 45.1 Å². The molecule has 0 radical (unpaired) electrons. The molecule has 1 atom stereocenters. The number of amides is 2. The minimum Gasteiger partial charge on any atom is -0.465 e. The zero-order valence-electron chi connectivity index (χ0n) is 20.8. The second kappa shape index (κ2) is 9.25. The van der Waals surface area contributed by atoms with Gasteiger partial charge in [0.2, 0.25) is 5.91 Å². The molecule has 6 nitrogen and oxygen atoms in total. The molecule has 2 heterocycles. The van der Waals surface area contributed by atoms with E-state index in [1.165, 1.54) is 11.3 Å². The summed E-state index contributed by atoms with van der Waals surface area (Å²) in [5, 5.41) is 16.9. The van der Waals surface area contributed by atoms with Gasteiger partial charge >= 0.3 is 6.09 Å². The van der Waals surface area contributed by atoms with Crippen molar-refractivity contribution in [3.05, 3.63) is 58.4 Å². The van der Waals surface area contributed by atoms with E-state index in [0.717, 1.165) is 60.4 Å². The lowest BCUT2D eigenvalue weighted by Crippen LogP contribution is -2.68. The van der Waals surface area contributed by atoms with Crippen LogP contribution in [0.5, 0.6) is 0 Å². The number of hydrogen-bond acceptors (Lipinski definition) is 3. The molecular formula is C29H35N3O3S. The molecule has 3 N–H and O–H groups in total. The summed E-state index contributed by atoms with van der Waals surface area (Å²) >= 11 is 1.68. The summed E-state index contributed by atoms with van der Waals surface area (Å²) in [5.41, 5.74) is 0.785. The summed E-state index contributed by atoms with van der Waals surface area (Å²) in [6.07, 6.45) is 7.78. The molecule has 0 spiro atoms. The first-order chi connectivity index (χ1) is 17.4. The van der Waals surface area contributed by atoms with Gasteiger partial charge in [-0.3, -0.25) is 9.69 Å². The quantitative estimate of drug-likeness (QED) is 0.367. The van der Waals surface area contributed by atoms with Gasteiger partial charge < -0.3 is 15.4 Å². The molecule has 7 rings (SSSR count). The molecule has 3 aromatic rings. The van der Waals surface area contributed by atoms with Crippen LogP contribution in [0.25, 0.3) is 10.9 Å². The number of rotatable bonds is 8. The van der Waals surface area contributed by atoms with Gasteiger partial charge in [-0.2, -0.15) is 0 Å². The largest absolute Gasteiger partial charge is 0.465 e. The van der Waals surface area contributed by atoms with Crippen LogP contribution in [0.3, 0.4) is 0 Å². The molecule has 2 amide bonds. The Kier molecular flexibility index (Phi) is 6.06. The number of benzene rings is 1. The van der Waals surface area contributed by atoms with Gasteiger partial charge in [0.05, 0.1) is 0 Å². The van der Waals surface area contributed by atoms with Gasteiger partial charge in [0.15, 0.2) is 0 Å². The number of para-hydroxylation sites is 1. The Hall–Kier alpha value is -2.80. The summed E-state index contributed by atoms with van der Waals surface area (Å²) < 4.78 is 0. The van der Waals surface area contributed by atoms with Crippen molar-refractivity contribution in [2.24, 2.45) is 23.7 Å². The third kappa shape index (κ3) is 4.11. The number of carbonyl (C=O) groups excluding carboxylic acids is 1. The summed E-state index contributed by atoms with van der Waals surface area (Å²) in [5.74, 6) is 2.00. The van der Waals surface area contributed by atoms with Crippen LogP contribution in [-0.2, 0) is 17.6 Å². The molecule has 4 bridgehead atoms. The lowest BCUT2D eigenvalue weighted by Gasteiger charge is -2.59. The molecule has 2 aromatic heterocycles. The van der Waals surface area contributed by atoms with E-state index in [-0.39, 0.29) is 11.9 Å². The molecule has 36 heavy (non-hydrogen) atoms. The summed E-state index contributed by atoms with van der Waals surface area (Å²) in [6.45, 7) is 2.35. The molecule has 7 heteroatoms. The first kappa shape index (κ1) is 23.6. The fourth-order valence-corrected chi connectivity index (χ4v) is 8.56. The predicted molar refractivity (Wildman–Crippen MR) is 142 cm³/mol. The average Bonchev–Trinajstić information content (AvgIpc) is 3.51. The van der Waals surface area contributed by atoms with Crippen molar-refractivity contribution < 1.29 is 14.7 Å². The van der Waals surface area contributed by atoms with E-state index in [1.54, 1.807) is 16.2 Å². The van der Waals surface area contributed by atoms with E-state index in [2.05, 4.69) is 16.4 Å². The standard InChI is InChI=1S/C29H35N3O3S/c1-29(27(33)30-9-8-23-5-4-10-36-23,16-22-17-31-25-7-3-2-6-24(22)25)32(28(34)35)26-20-12-18-11-19(14-20)15-21(26)13-18/h2-7,10,17-21,26,31H,8-9,11-16H2,1H3,(H,30,33)(H,34,35). The number of hydrogen-bond donors (Lipinski definition) is 3. The Balaban J connectivity index is 1.34. The first-order valence-corrected chi connectivity index (χ1v) is 14.2. The minimum atomic E-state index is -1.20. The van der Waals surface area contributed by atoms with Gasteiger partial charge in [0.25, 0.3) is 0 Å². The molecule has 4 aliphatic rings. The number of thiophene rings is 1.